The van der Waals surface area contributed by atoms with Gasteiger partial charge in [-0.25, -0.2) is 15.0 Å². The van der Waals surface area contributed by atoms with Crippen LogP contribution in [0.2, 0.25) is 5.15 Å². The van der Waals surface area contributed by atoms with Crippen LogP contribution in [0, 0.1) is 6.92 Å². The van der Waals surface area contributed by atoms with Crippen molar-refractivity contribution < 1.29 is 0 Å². The molecular weight excluding hydrogens is 290 g/mol. The smallest absolute Gasteiger partial charge is 0.188 e. The highest BCUT2D eigenvalue weighted by atomic mass is 35.5. The van der Waals surface area contributed by atoms with Crippen molar-refractivity contribution in [1.29, 1.82) is 0 Å². The zero-order valence-corrected chi connectivity index (χ0v) is 12.4. The summed E-state index contributed by atoms with van der Waals surface area (Å²) >= 11 is 7.80. The Balaban J connectivity index is 1.85. The van der Waals surface area contributed by atoms with Crippen LogP contribution in [0.1, 0.15) is 11.3 Å². The summed E-state index contributed by atoms with van der Waals surface area (Å²) in [6.07, 6.45) is 1.77. The third kappa shape index (κ3) is 2.92. The molecule has 0 aliphatic rings. The molecule has 1 aromatic carbocycles. The monoisotopic (exact) mass is 301 g/mol. The van der Waals surface area contributed by atoms with Crippen molar-refractivity contribution in [2.75, 3.05) is 0 Å². The number of pyridine rings is 1. The van der Waals surface area contributed by atoms with Crippen molar-refractivity contribution in [3.63, 3.8) is 0 Å². The molecule has 0 spiro atoms. The second kappa shape index (κ2) is 5.77. The molecule has 0 N–H and O–H groups in total. The summed E-state index contributed by atoms with van der Waals surface area (Å²) in [5.74, 6) is 0.708. The first-order valence-corrected chi connectivity index (χ1v) is 7.55. The molecule has 5 heteroatoms. The SMILES string of the molecule is Cc1ccnc(SCc2cc3ccccc3nc2Cl)n1. The number of halogens is 1. The van der Waals surface area contributed by atoms with Crippen LogP contribution in [0.5, 0.6) is 0 Å². The first-order valence-electron chi connectivity index (χ1n) is 6.19. The Labute approximate surface area is 126 Å². The van der Waals surface area contributed by atoms with Crippen LogP contribution in [0.3, 0.4) is 0 Å². The zero-order valence-electron chi connectivity index (χ0n) is 10.9. The molecular formula is C15H12ClN3S. The number of rotatable bonds is 3. The average molecular weight is 302 g/mol. The molecule has 0 unspecified atom stereocenters. The molecule has 0 radical (unpaired) electrons. The summed E-state index contributed by atoms with van der Waals surface area (Å²) in [6, 6.07) is 11.9. The van der Waals surface area contributed by atoms with E-state index in [9.17, 15) is 0 Å². The van der Waals surface area contributed by atoms with Gasteiger partial charge < -0.3 is 0 Å². The van der Waals surface area contributed by atoms with Crippen LogP contribution in [0.4, 0.5) is 0 Å². The molecule has 0 amide bonds. The topological polar surface area (TPSA) is 38.7 Å². The Morgan fingerprint density at radius 2 is 2.00 bits per heavy atom. The zero-order chi connectivity index (χ0) is 13.9. The van der Waals surface area contributed by atoms with E-state index >= 15 is 0 Å². The minimum atomic E-state index is 0.545. The summed E-state index contributed by atoms with van der Waals surface area (Å²) in [5, 5.41) is 2.40. The van der Waals surface area contributed by atoms with Gasteiger partial charge in [0.1, 0.15) is 5.15 Å². The Bertz CT molecular complexity index is 761. The standard InChI is InChI=1S/C15H12ClN3S/c1-10-6-7-17-15(18-10)20-9-12-8-11-4-2-3-5-13(11)19-14(12)16/h2-8H,9H2,1H3. The molecule has 0 aliphatic carbocycles. The first kappa shape index (κ1) is 13.3. The molecule has 100 valence electrons. The van der Waals surface area contributed by atoms with Gasteiger partial charge in [-0.1, -0.05) is 41.6 Å². The number of benzene rings is 1. The van der Waals surface area contributed by atoms with Crippen LogP contribution in [-0.2, 0) is 5.75 Å². The second-order valence-corrected chi connectivity index (χ2v) is 5.70. The van der Waals surface area contributed by atoms with Crippen LogP contribution < -0.4 is 0 Å². The Hall–Kier alpha value is -1.65. The van der Waals surface area contributed by atoms with E-state index in [2.05, 4.69) is 21.0 Å². The van der Waals surface area contributed by atoms with Gasteiger partial charge >= 0.3 is 0 Å². The highest BCUT2D eigenvalue weighted by Crippen LogP contribution is 2.26. The first-order chi connectivity index (χ1) is 9.72. The normalized spacial score (nSPS) is 10.9. The largest absolute Gasteiger partial charge is 0.236 e. The Kier molecular flexibility index (Phi) is 3.85. The van der Waals surface area contributed by atoms with Crippen molar-refractivity contribution in [3.8, 4) is 0 Å². The number of hydrogen-bond acceptors (Lipinski definition) is 4. The molecule has 0 aliphatic heterocycles. The van der Waals surface area contributed by atoms with E-state index in [1.165, 1.54) is 0 Å². The van der Waals surface area contributed by atoms with Gasteiger partial charge in [0.15, 0.2) is 5.16 Å². The molecule has 0 bridgehead atoms. The number of hydrogen-bond donors (Lipinski definition) is 0. The van der Waals surface area contributed by atoms with Gasteiger partial charge in [0.25, 0.3) is 0 Å². The van der Waals surface area contributed by atoms with Gasteiger partial charge in [0.05, 0.1) is 5.52 Å². The maximum atomic E-state index is 6.24. The number of nitrogens with zero attached hydrogens (tertiary/aromatic N) is 3. The maximum Gasteiger partial charge on any atom is 0.188 e. The lowest BCUT2D eigenvalue weighted by atomic mass is 10.2. The molecule has 20 heavy (non-hydrogen) atoms. The molecule has 2 heterocycles. The fourth-order valence-electron chi connectivity index (χ4n) is 1.88. The van der Waals surface area contributed by atoms with Crippen LogP contribution in [-0.4, -0.2) is 15.0 Å². The van der Waals surface area contributed by atoms with Gasteiger partial charge in [0, 0.05) is 28.6 Å². The molecule has 0 saturated heterocycles. The predicted octanol–water partition coefficient (Wildman–Crippen LogP) is 4.28. The summed E-state index contributed by atoms with van der Waals surface area (Å²) in [5.41, 5.74) is 2.88. The quantitative estimate of drug-likeness (QED) is 0.411. The minimum Gasteiger partial charge on any atom is -0.236 e. The predicted molar refractivity (Wildman–Crippen MR) is 83.1 cm³/mol. The maximum absolute atomic E-state index is 6.24. The average Bonchev–Trinajstić information content (AvgIpc) is 2.45. The lowest BCUT2D eigenvalue weighted by Crippen LogP contribution is -1.92. The molecule has 0 atom stereocenters. The lowest BCUT2D eigenvalue weighted by Gasteiger charge is -2.05. The Morgan fingerprint density at radius 3 is 2.85 bits per heavy atom. The fraction of sp³-hybridized carbons (Fsp3) is 0.133. The highest BCUT2D eigenvalue weighted by Gasteiger charge is 2.06. The summed E-state index contributed by atoms with van der Waals surface area (Å²) < 4.78 is 0. The van der Waals surface area contributed by atoms with Crippen molar-refractivity contribution in [2.24, 2.45) is 0 Å². The molecule has 2 aromatic heterocycles. The van der Waals surface area contributed by atoms with Gasteiger partial charge in [0.2, 0.25) is 0 Å². The van der Waals surface area contributed by atoms with Crippen molar-refractivity contribution in [3.05, 3.63) is 59.0 Å². The van der Waals surface area contributed by atoms with E-state index in [-0.39, 0.29) is 0 Å². The van der Waals surface area contributed by atoms with Gasteiger partial charge in [-0.2, -0.15) is 0 Å². The van der Waals surface area contributed by atoms with E-state index in [1.54, 1.807) is 18.0 Å². The van der Waals surface area contributed by atoms with E-state index in [0.717, 1.165) is 27.3 Å². The van der Waals surface area contributed by atoms with Crippen molar-refractivity contribution in [2.45, 2.75) is 17.8 Å². The third-order valence-electron chi connectivity index (χ3n) is 2.88. The number of aryl methyl sites for hydroxylation is 1. The highest BCUT2D eigenvalue weighted by molar-refractivity contribution is 7.98. The number of thioether (sulfide) groups is 1. The van der Waals surface area contributed by atoms with E-state index in [0.29, 0.717) is 10.9 Å². The molecule has 0 fully saturated rings. The van der Waals surface area contributed by atoms with E-state index in [4.69, 9.17) is 11.6 Å². The molecule has 0 saturated carbocycles. The minimum absolute atomic E-state index is 0.545. The molecule has 3 nitrogen and oxygen atoms in total. The summed E-state index contributed by atoms with van der Waals surface area (Å²) in [6.45, 7) is 1.95. The van der Waals surface area contributed by atoms with Gasteiger partial charge in [-0.3, -0.25) is 0 Å². The van der Waals surface area contributed by atoms with Gasteiger partial charge in [-0.05, 0) is 25.1 Å². The Morgan fingerprint density at radius 1 is 1.15 bits per heavy atom. The van der Waals surface area contributed by atoms with Gasteiger partial charge in [-0.15, -0.1) is 0 Å². The lowest BCUT2D eigenvalue weighted by molar-refractivity contribution is 0.932. The van der Waals surface area contributed by atoms with Crippen LogP contribution in [0.15, 0.2) is 47.8 Å². The third-order valence-corrected chi connectivity index (χ3v) is 4.12. The van der Waals surface area contributed by atoms with Crippen molar-refractivity contribution in [1.82, 2.24) is 15.0 Å². The molecule has 3 aromatic rings. The van der Waals surface area contributed by atoms with E-state index < -0.39 is 0 Å². The van der Waals surface area contributed by atoms with Crippen LogP contribution in [0.25, 0.3) is 10.9 Å². The summed E-state index contributed by atoms with van der Waals surface area (Å²) in [7, 11) is 0. The number of aromatic nitrogens is 3. The van der Waals surface area contributed by atoms with E-state index in [1.807, 2.05) is 37.3 Å². The fourth-order valence-corrected chi connectivity index (χ4v) is 3.02. The second-order valence-electron chi connectivity index (χ2n) is 4.40. The van der Waals surface area contributed by atoms with Crippen molar-refractivity contribution >= 4 is 34.3 Å². The summed E-state index contributed by atoms with van der Waals surface area (Å²) in [4.78, 5) is 13.0. The number of fused-ring (bicyclic) bond motifs is 1. The molecule has 3 rings (SSSR count). The van der Waals surface area contributed by atoms with Crippen LogP contribution >= 0.6 is 23.4 Å². The number of para-hydroxylation sites is 1.